The summed E-state index contributed by atoms with van der Waals surface area (Å²) in [6, 6.07) is 2.76. The lowest BCUT2D eigenvalue weighted by molar-refractivity contribution is 0.411. The highest BCUT2D eigenvalue weighted by Gasteiger charge is 2.10. The Morgan fingerprint density at radius 1 is 0.478 bits per heavy atom. The van der Waals surface area contributed by atoms with E-state index in [-0.39, 0.29) is 0 Å². The quantitative estimate of drug-likeness (QED) is 0.171. The minimum absolute atomic E-state index is 0.486. The SMILES string of the molecule is CCCCCCCCCC[Si](CCCCCCCCCC)OC. The van der Waals surface area contributed by atoms with E-state index >= 15 is 0 Å². The molecule has 0 aromatic rings. The Morgan fingerprint density at radius 3 is 1.09 bits per heavy atom. The van der Waals surface area contributed by atoms with Gasteiger partial charge in [-0.2, -0.15) is 0 Å². The standard InChI is InChI=1S/C21H45OSi/c1-4-6-8-10-12-14-16-18-20-23(22-3)21-19-17-15-13-11-9-7-5-2/h4-21H2,1-3H3. The Hall–Kier alpha value is 0.177. The molecule has 139 valence electrons. The smallest absolute Gasteiger partial charge is 0.210 e. The molecular formula is C21H45OSi. The van der Waals surface area contributed by atoms with Crippen molar-refractivity contribution in [1.29, 1.82) is 0 Å². The van der Waals surface area contributed by atoms with Crippen molar-refractivity contribution in [2.24, 2.45) is 0 Å². The monoisotopic (exact) mass is 341 g/mol. The summed E-state index contributed by atoms with van der Waals surface area (Å²) in [6.07, 6.45) is 22.8. The molecule has 0 saturated carbocycles. The van der Waals surface area contributed by atoms with Gasteiger partial charge in [0, 0.05) is 7.11 Å². The molecule has 0 aliphatic carbocycles. The molecule has 0 aliphatic rings. The van der Waals surface area contributed by atoms with Gasteiger partial charge in [-0.05, 0) is 12.1 Å². The van der Waals surface area contributed by atoms with Gasteiger partial charge in [0.15, 0.2) is 0 Å². The van der Waals surface area contributed by atoms with E-state index in [0.717, 1.165) is 0 Å². The second-order valence-electron chi connectivity index (χ2n) is 7.19. The molecule has 0 bridgehead atoms. The lowest BCUT2D eigenvalue weighted by atomic mass is 10.1. The topological polar surface area (TPSA) is 9.23 Å². The summed E-state index contributed by atoms with van der Waals surface area (Å²) in [5.74, 6) is 0. The van der Waals surface area contributed by atoms with Gasteiger partial charge in [-0.25, -0.2) is 0 Å². The second kappa shape index (κ2) is 20.2. The summed E-state index contributed by atoms with van der Waals surface area (Å²) in [4.78, 5) is 0. The molecule has 0 N–H and O–H groups in total. The van der Waals surface area contributed by atoms with E-state index in [1.54, 1.807) is 0 Å². The summed E-state index contributed by atoms with van der Waals surface area (Å²) in [5, 5.41) is 0. The number of unbranched alkanes of at least 4 members (excludes halogenated alkanes) is 14. The Morgan fingerprint density at radius 2 is 0.783 bits per heavy atom. The van der Waals surface area contributed by atoms with Gasteiger partial charge in [0.2, 0.25) is 9.04 Å². The normalized spacial score (nSPS) is 11.5. The summed E-state index contributed by atoms with van der Waals surface area (Å²) in [5.41, 5.74) is 0. The maximum atomic E-state index is 5.77. The highest BCUT2D eigenvalue weighted by Crippen LogP contribution is 2.16. The van der Waals surface area contributed by atoms with Crippen LogP contribution in [0.4, 0.5) is 0 Å². The second-order valence-corrected chi connectivity index (χ2v) is 9.68. The van der Waals surface area contributed by atoms with E-state index in [1.165, 1.54) is 115 Å². The minimum atomic E-state index is -0.486. The Labute approximate surface area is 149 Å². The molecule has 0 aromatic carbocycles. The number of rotatable bonds is 19. The van der Waals surface area contributed by atoms with Crippen molar-refractivity contribution in [3.63, 3.8) is 0 Å². The van der Waals surface area contributed by atoms with Crippen LogP contribution in [0.25, 0.3) is 0 Å². The van der Waals surface area contributed by atoms with Gasteiger partial charge in [0.05, 0.1) is 0 Å². The molecule has 23 heavy (non-hydrogen) atoms. The Kier molecular flexibility index (Phi) is 20.4. The highest BCUT2D eigenvalue weighted by atomic mass is 28.3. The lowest BCUT2D eigenvalue weighted by Crippen LogP contribution is -2.15. The van der Waals surface area contributed by atoms with Crippen LogP contribution in [0.3, 0.4) is 0 Å². The first kappa shape index (κ1) is 23.2. The van der Waals surface area contributed by atoms with Crippen LogP contribution < -0.4 is 0 Å². The van der Waals surface area contributed by atoms with Crippen LogP contribution in [0, 0.1) is 0 Å². The first-order chi connectivity index (χ1) is 11.3. The summed E-state index contributed by atoms with van der Waals surface area (Å²) >= 11 is 0. The molecule has 0 amide bonds. The third-order valence-electron chi connectivity index (χ3n) is 4.91. The number of hydrogen-bond donors (Lipinski definition) is 0. The molecule has 0 rings (SSSR count). The van der Waals surface area contributed by atoms with Crippen molar-refractivity contribution in [3.05, 3.63) is 0 Å². The van der Waals surface area contributed by atoms with Crippen molar-refractivity contribution in [2.75, 3.05) is 7.11 Å². The molecule has 0 heterocycles. The molecule has 1 nitrogen and oxygen atoms in total. The first-order valence-electron chi connectivity index (χ1n) is 10.7. The van der Waals surface area contributed by atoms with E-state index in [1.807, 2.05) is 7.11 Å². The lowest BCUT2D eigenvalue weighted by Gasteiger charge is -2.12. The molecular weight excluding hydrogens is 296 g/mol. The number of hydrogen-bond acceptors (Lipinski definition) is 1. The van der Waals surface area contributed by atoms with Crippen LogP contribution in [0.5, 0.6) is 0 Å². The Balaban J connectivity index is 3.29. The largest absolute Gasteiger partial charge is 0.420 e. The predicted octanol–water partition coefficient (Wildman–Crippen LogP) is 7.91. The molecule has 2 heteroatoms. The van der Waals surface area contributed by atoms with Gasteiger partial charge in [-0.3, -0.25) is 0 Å². The van der Waals surface area contributed by atoms with E-state index in [9.17, 15) is 0 Å². The van der Waals surface area contributed by atoms with Crippen LogP contribution in [0.15, 0.2) is 0 Å². The molecule has 0 aliphatic heterocycles. The molecule has 0 fully saturated rings. The molecule has 1 radical (unpaired) electrons. The van der Waals surface area contributed by atoms with Gasteiger partial charge in [-0.1, -0.05) is 117 Å². The predicted molar refractivity (Wildman–Crippen MR) is 108 cm³/mol. The minimum Gasteiger partial charge on any atom is -0.420 e. The van der Waals surface area contributed by atoms with Crippen molar-refractivity contribution in [3.8, 4) is 0 Å². The average Bonchev–Trinajstić information content (AvgIpc) is 2.57. The van der Waals surface area contributed by atoms with Gasteiger partial charge in [0.1, 0.15) is 0 Å². The zero-order chi connectivity index (χ0) is 17.0. The molecule has 0 aromatic heterocycles. The fraction of sp³-hybridized carbons (Fsp3) is 1.00. The summed E-state index contributed by atoms with van der Waals surface area (Å²) < 4.78 is 5.77. The van der Waals surface area contributed by atoms with E-state index in [0.29, 0.717) is 0 Å². The van der Waals surface area contributed by atoms with E-state index in [4.69, 9.17) is 4.43 Å². The van der Waals surface area contributed by atoms with Crippen LogP contribution >= 0.6 is 0 Å². The van der Waals surface area contributed by atoms with Crippen LogP contribution in [0.2, 0.25) is 12.1 Å². The van der Waals surface area contributed by atoms with Crippen molar-refractivity contribution in [2.45, 2.75) is 129 Å². The first-order valence-corrected chi connectivity index (χ1v) is 12.6. The summed E-state index contributed by atoms with van der Waals surface area (Å²) in [7, 11) is 1.46. The van der Waals surface area contributed by atoms with Crippen molar-refractivity contribution >= 4 is 9.04 Å². The van der Waals surface area contributed by atoms with Crippen LogP contribution in [-0.2, 0) is 4.43 Å². The maximum Gasteiger partial charge on any atom is 0.210 e. The van der Waals surface area contributed by atoms with Gasteiger partial charge >= 0.3 is 0 Å². The van der Waals surface area contributed by atoms with Crippen LogP contribution in [-0.4, -0.2) is 16.2 Å². The fourth-order valence-electron chi connectivity index (χ4n) is 3.24. The van der Waals surface area contributed by atoms with Crippen LogP contribution in [0.1, 0.15) is 117 Å². The van der Waals surface area contributed by atoms with E-state index in [2.05, 4.69) is 13.8 Å². The van der Waals surface area contributed by atoms with Crippen molar-refractivity contribution < 1.29 is 4.43 Å². The average molecular weight is 342 g/mol. The third kappa shape index (κ3) is 18.4. The van der Waals surface area contributed by atoms with Gasteiger partial charge in [-0.15, -0.1) is 0 Å². The third-order valence-corrected chi connectivity index (χ3v) is 7.31. The molecule has 0 saturated heterocycles. The van der Waals surface area contributed by atoms with Crippen molar-refractivity contribution in [1.82, 2.24) is 0 Å². The summed E-state index contributed by atoms with van der Waals surface area (Å²) in [6.45, 7) is 4.58. The maximum absolute atomic E-state index is 5.77. The zero-order valence-electron chi connectivity index (χ0n) is 16.6. The zero-order valence-corrected chi connectivity index (χ0v) is 17.6. The van der Waals surface area contributed by atoms with Gasteiger partial charge < -0.3 is 4.43 Å². The van der Waals surface area contributed by atoms with Gasteiger partial charge in [0.25, 0.3) is 0 Å². The Bertz CT molecular complexity index is 188. The van der Waals surface area contributed by atoms with E-state index < -0.39 is 9.04 Å². The fourth-order valence-corrected chi connectivity index (χ4v) is 5.19. The molecule has 0 atom stereocenters. The highest BCUT2D eigenvalue weighted by molar-refractivity contribution is 6.51. The molecule has 0 unspecified atom stereocenters. The molecule has 0 spiro atoms.